The van der Waals surface area contributed by atoms with Crippen molar-refractivity contribution in [2.24, 2.45) is 4.99 Å². The quantitative estimate of drug-likeness (QED) is 0.447. The van der Waals surface area contributed by atoms with E-state index >= 15 is 0 Å². The molecular weight excluding hydrogens is 405 g/mol. The van der Waals surface area contributed by atoms with E-state index in [0.29, 0.717) is 24.9 Å². The van der Waals surface area contributed by atoms with Crippen molar-refractivity contribution in [2.75, 3.05) is 26.2 Å². The lowest BCUT2D eigenvalue weighted by Crippen LogP contribution is -2.41. The summed E-state index contributed by atoms with van der Waals surface area (Å²) >= 11 is 0. The van der Waals surface area contributed by atoms with Gasteiger partial charge in [0.25, 0.3) is 6.43 Å². The second-order valence-corrected chi connectivity index (χ2v) is 4.73. The molecule has 0 aliphatic carbocycles. The van der Waals surface area contributed by atoms with Gasteiger partial charge in [0.05, 0.1) is 6.54 Å². The lowest BCUT2D eigenvalue weighted by molar-refractivity contribution is 0.158. The largest absolute Gasteiger partial charge is 0.472 e. The Morgan fingerprint density at radius 3 is 3.00 bits per heavy atom. The normalized spacial score (nSPS) is 18.3. The Morgan fingerprint density at radius 2 is 2.36 bits per heavy atom. The number of nitrogens with zero attached hydrogens (tertiary/aromatic N) is 3. The van der Waals surface area contributed by atoms with Crippen molar-refractivity contribution in [2.45, 2.75) is 25.9 Å². The topological polar surface area (TPSA) is 49.8 Å². The van der Waals surface area contributed by atoms with Gasteiger partial charge >= 0.3 is 0 Å². The Labute approximate surface area is 146 Å². The molecule has 1 fully saturated rings. The van der Waals surface area contributed by atoms with Gasteiger partial charge in [-0.3, -0.25) is 0 Å². The van der Waals surface area contributed by atoms with E-state index in [9.17, 15) is 8.78 Å². The number of hydrogen-bond donors (Lipinski definition) is 1. The maximum Gasteiger partial charge on any atom is 0.257 e. The number of alkyl halides is 2. The first-order valence-electron chi connectivity index (χ1n) is 7.08. The summed E-state index contributed by atoms with van der Waals surface area (Å²) in [5.41, 5.74) is 0. The van der Waals surface area contributed by atoms with Gasteiger partial charge in [0.15, 0.2) is 5.96 Å². The van der Waals surface area contributed by atoms with Gasteiger partial charge in [-0.1, -0.05) is 6.07 Å². The fourth-order valence-electron chi connectivity index (χ4n) is 2.19. The number of aromatic nitrogens is 1. The van der Waals surface area contributed by atoms with Crippen molar-refractivity contribution in [1.82, 2.24) is 15.2 Å². The van der Waals surface area contributed by atoms with Gasteiger partial charge in [-0.2, -0.15) is 0 Å². The van der Waals surface area contributed by atoms with Gasteiger partial charge in [0.1, 0.15) is 12.6 Å². The Hall–Kier alpha value is -1.19. The highest BCUT2D eigenvalue weighted by Crippen LogP contribution is 2.16. The number of likely N-dealkylation sites (tertiary alicyclic amines) is 1. The molecule has 0 amide bonds. The number of aliphatic imine (C=N–C) groups is 1. The van der Waals surface area contributed by atoms with Crippen molar-refractivity contribution in [3.05, 3.63) is 24.4 Å². The molecule has 1 aromatic heterocycles. The van der Waals surface area contributed by atoms with E-state index in [1.807, 2.05) is 24.0 Å². The average Bonchev–Trinajstić information content (AvgIpc) is 2.92. The van der Waals surface area contributed by atoms with Crippen molar-refractivity contribution in [3.8, 4) is 5.88 Å². The van der Waals surface area contributed by atoms with Crippen LogP contribution in [-0.2, 0) is 0 Å². The zero-order valence-corrected chi connectivity index (χ0v) is 14.7. The van der Waals surface area contributed by atoms with Crippen LogP contribution < -0.4 is 10.1 Å². The molecule has 1 saturated heterocycles. The molecule has 22 heavy (non-hydrogen) atoms. The van der Waals surface area contributed by atoms with E-state index in [1.165, 1.54) is 0 Å². The van der Waals surface area contributed by atoms with E-state index in [1.54, 1.807) is 12.3 Å². The fourth-order valence-corrected chi connectivity index (χ4v) is 2.19. The summed E-state index contributed by atoms with van der Waals surface area (Å²) < 4.78 is 30.4. The molecule has 1 aliphatic heterocycles. The van der Waals surface area contributed by atoms with Crippen LogP contribution in [0.4, 0.5) is 8.78 Å². The van der Waals surface area contributed by atoms with Crippen LogP contribution in [0.3, 0.4) is 0 Å². The SMILES string of the molecule is CCNC(=NCC(F)F)N1CCC(Oc2ccccn2)C1.I. The van der Waals surface area contributed by atoms with E-state index in [2.05, 4.69) is 15.3 Å². The molecule has 0 saturated carbocycles. The maximum atomic E-state index is 12.3. The van der Waals surface area contributed by atoms with Crippen LogP contribution in [-0.4, -0.2) is 54.6 Å². The van der Waals surface area contributed by atoms with E-state index in [0.717, 1.165) is 13.0 Å². The highest BCUT2D eigenvalue weighted by atomic mass is 127. The lowest BCUT2D eigenvalue weighted by atomic mass is 10.3. The number of nitrogens with one attached hydrogen (secondary N) is 1. The summed E-state index contributed by atoms with van der Waals surface area (Å²) in [4.78, 5) is 10.0. The Morgan fingerprint density at radius 1 is 1.55 bits per heavy atom. The minimum Gasteiger partial charge on any atom is -0.472 e. The van der Waals surface area contributed by atoms with Crippen molar-refractivity contribution in [1.29, 1.82) is 0 Å². The third-order valence-corrected chi connectivity index (χ3v) is 3.08. The zero-order valence-electron chi connectivity index (χ0n) is 12.4. The van der Waals surface area contributed by atoms with Crippen molar-refractivity contribution >= 4 is 29.9 Å². The standard InChI is InChI=1S/C14H20F2N4O.HI/c1-2-17-14(19-9-12(15)16)20-8-6-11(10-20)21-13-5-3-4-7-18-13;/h3-5,7,11-12H,2,6,8-10H2,1H3,(H,17,19);1H. The Balaban J connectivity index is 0.00000242. The first-order chi connectivity index (χ1) is 10.2. The van der Waals surface area contributed by atoms with Gasteiger partial charge in [0, 0.05) is 31.8 Å². The van der Waals surface area contributed by atoms with Gasteiger partial charge < -0.3 is 15.0 Å². The first kappa shape index (κ1) is 18.9. The molecule has 5 nitrogen and oxygen atoms in total. The van der Waals surface area contributed by atoms with Crippen LogP contribution in [0.25, 0.3) is 0 Å². The average molecular weight is 426 g/mol. The lowest BCUT2D eigenvalue weighted by Gasteiger charge is -2.21. The van der Waals surface area contributed by atoms with Crippen LogP contribution >= 0.6 is 24.0 Å². The Bertz CT molecular complexity index is 461. The number of hydrogen-bond acceptors (Lipinski definition) is 3. The molecule has 1 N–H and O–H groups in total. The number of rotatable bonds is 5. The van der Waals surface area contributed by atoms with E-state index < -0.39 is 13.0 Å². The molecular formula is C14H21F2IN4O. The summed E-state index contributed by atoms with van der Waals surface area (Å²) in [6.45, 7) is 3.42. The van der Waals surface area contributed by atoms with Crippen molar-refractivity contribution < 1.29 is 13.5 Å². The summed E-state index contributed by atoms with van der Waals surface area (Å²) in [6.07, 6.45) is 0.0587. The predicted octanol–water partition coefficient (Wildman–Crippen LogP) is 2.38. The molecule has 1 aliphatic rings. The Kier molecular flexibility index (Phi) is 8.36. The summed E-state index contributed by atoms with van der Waals surface area (Å²) in [7, 11) is 0. The van der Waals surface area contributed by atoms with Gasteiger partial charge in [-0.05, 0) is 13.0 Å². The molecule has 8 heteroatoms. The third kappa shape index (κ3) is 5.90. The highest BCUT2D eigenvalue weighted by Gasteiger charge is 2.26. The minimum absolute atomic E-state index is 0. The molecule has 0 aromatic carbocycles. The van der Waals surface area contributed by atoms with Crippen LogP contribution in [0.5, 0.6) is 5.88 Å². The van der Waals surface area contributed by atoms with Crippen LogP contribution in [0.2, 0.25) is 0 Å². The summed E-state index contributed by atoms with van der Waals surface area (Å²) in [5, 5.41) is 3.04. The minimum atomic E-state index is -2.43. The molecule has 1 aromatic rings. The number of guanidine groups is 1. The van der Waals surface area contributed by atoms with Crippen LogP contribution in [0.15, 0.2) is 29.4 Å². The summed E-state index contributed by atoms with van der Waals surface area (Å²) in [6, 6.07) is 5.50. The third-order valence-electron chi connectivity index (χ3n) is 3.08. The molecule has 2 rings (SSSR count). The van der Waals surface area contributed by atoms with Gasteiger partial charge in [0.2, 0.25) is 5.88 Å². The van der Waals surface area contributed by atoms with E-state index in [-0.39, 0.29) is 30.1 Å². The smallest absolute Gasteiger partial charge is 0.257 e. The van der Waals surface area contributed by atoms with E-state index in [4.69, 9.17) is 4.74 Å². The predicted molar refractivity (Wildman–Crippen MR) is 92.2 cm³/mol. The number of pyridine rings is 1. The molecule has 0 bridgehead atoms. The molecule has 0 radical (unpaired) electrons. The molecule has 1 atom stereocenters. The number of halogens is 3. The fraction of sp³-hybridized carbons (Fsp3) is 0.571. The van der Waals surface area contributed by atoms with Gasteiger partial charge in [-0.15, -0.1) is 24.0 Å². The number of ether oxygens (including phenoxy) is 1. The van der Waals surface area contributed by atoms with Crippen molar-refractivity contribution in [3.63, 3.8) is 0 Å². The highest BCUT2D eigenvalue weighted by molar-refractivity contribution is 14.0. The van der Waals surface area contributed by atoms with Crippen LogP contribution in [0, 0.1) is 0 Å². The van der Waals surface area contributed by atoms with Gasteiger partial charge in [-0.25, -0.2) is 18.8 Å². The molecule has 2 heterocycles. The zero-order chi connectivity index (χ0) is 15.1. The maximum absolute atomic E-state index is 12.3. The molecule has 0 spiro atoms. The first-order valence-corrected chi connectivity index (χ1v) is 7.08. The second-order valence-electron chi connectivity index (χ2n) is 4.73. The molecule has 124 valence electrons. The summed E-state index contributed by atoms with van der Waals surface area (Å²) in [5.74, 6) is 1.10. The second kappa shape index (κ2) is 9.75. The van der Waals surface area contributed by atoms with Crippen LogP contribution in [0.1, 0.15) is 13.3 Å². The monoisotopic (exact) mass is 426 g/mol. The molecule has 1 unspecified atom stereocenters.